The van der Waals surface area contributed by atoms with Crippen molar-refractivity contribution in [1.82, 2.24) is 9.13 Å². The lowest BCUT2D eigenvalue weighted by molar-refractivity contribution is 0.346. The minimum Gasteiger partial charge on any atom is -0.537 e. The van der Waals surface area contributed by atoms with Crippen LogP contribution in [0.5, 0.6) is 28.7 Å². The van der Waals surface area contributed by atoms with Gasteiger partial charge in [-0.2, -0.15) is 54.2 Å². The Balaban J connectivity index is 0.000000243. The molecule has 10 rings (SSSR count). The third-order valence-electron chi connectivity index (χ3n) is 12.6. The monoisotopic (exact) mass is 1430 g/mol. The van der Waals surface area contributed by atoms with E-state index < -0.39 is 111 Å². The van der Waals surface area contributed by atoms with Gasteiger partial charge in [0.05, 0.1) is 36.6 Å². The summed E-state index contributed by atoms with van der Waals surface area (Å²) in [7, 11) is -6.71. The predicted molar refractivity (Wildman–Crippen MR) is 330 cm³/mol. The SMILES string of the molecule is COc1cc(-c2ccc(Cl)c(C)c2)ccc1-n1c(=O)ccc2cc(S(=O)(=O)Oc3c(F)c(F)c(F)c(F)c3F)ccc21.COc1cc(Br)ccc1-n1c(=O)ccc2cc(S(=O)(=O)Oc3c(F)c(F)c(F)c(F)c3F)ccc21.Cc1cc(O[B]O)ccc1Cl.P.P. The highest BCUT2D eigenvalue weighted by Gasteiger charge is 2.33. The van der Waals surface area contributed by atoms with Gasteiger partial charge >= 0.3 is 27.9 Å². The smallest absolute Gasteiger partial charge is 0.537 e. The van der Waals surface area contributed by atoms with E-state index in [1.165, 1.54) is 47.6 Å². The molecule has 0 aliphatic carbocycles. The average Bonchev–Trinajstić information content (AvgIpc) is 0.814. The molecule has 0 fully saturated rings. The summed E-state index contributed by atoms with van der Waals surface area (Å²) in [5.41, 5.74) is 3.51. The van der Waals surface area contributed by atoms with Crippen molar-refractivity contribution < 1.29 is 88.3 Å². The van der Waals surface area contributed by atoms with Crippen LogP contribution < -0.4 is 33.6 Å². The van der Waals surface area contributed by atoms with E-state index in [1.54, 1.807) is 60.7 Å². The number of aryl methyl sites for hydroxylation is 2. The first kappa shape index (κ1) is 71.4. The standard InChI is InChI=1S/C29H17ClF5NO5S.C22H11BrF5NO5S.C7H7BClO2.2H3P/c1-14-11-15(3-7-19(14)30)16-4-8-21(22(13-16)40-2)36-20-9-6-18(12-17(20)5-10-23(36)37)42(38,39)41-29-27(34)25(32)24(31)26(33)28(29)35;1-33-15-9-11(23)3-5-14(15)29-13-6-4-12(8-10(13)2-7-16(29)30)35(31,32)34-22-20(27)18(25)17(24)19(26)21(22)28;1-5-4-6(11-8-10)2-3-7(5)9;;/h3-13H,1-2H3;2-9H,1H3;2-4,10H,1H3;2*1H3. The molecule has 8 aromatic carbocycles. The van der Waals surface area contributed by atoms with Gasteiger partial charge in [0, 0.05) is 37.4 Å². The van der Waals surface area contributed by atoms with Crippen molar-refractivity contribution in [1.29, 1.82) is 0 Å². The highest BCUT2D eigenvalue weighted by atomic mass is 79.9. The molecule has 2 heterocycles. The number of hydrogen-bond acceptors (Lipinski definition) is 12. The summed E-state index contributed by atoms with van der Waals surface area (Å²) in [5.74, 6) is -26.9. The molecule has 14 nitrogen and oxygen atoms in total. The molecule has 471 valence electrons. The Morgan fingerprint density at radius 3 is 1.26 bits per heavy atom. The van der Waals surface area contributed by atoms with Gasteiger partial charge in [-0.1, -0.05) is 51.3 Å². The van der Waals surface area contributed by atoms with E-state index in [4.69, 9.17) is 42.4 Å². The topological polar surface area (TPSA) is 179 Å². The normalized spacial score (nSPS) is 11.1. The van der Waals surface area contributed by atoms with E-state index in [9.17, 15) is 70.3 Å². The number of pyridine rings is 2. The molecule has 0 spiro atoms. The highest BCUT2D eigenvalue weighted by Crippen LogP contribution is 2.37. The maximum absolute atomic E-state index is 14.1. The maximum atomic E-state index is 14.1. The molecule has 0 saturated carbocycles. The Morgan fingerprint density at radius 2 is 0.844 bits per heavy atom. The summed E-state index contributed by atoms with van der Waals surface area (Å²) < 4.78 is 215. The van der Waals surface area contributed by atoms with Crippen molar-refractivity contribution >= 4 is 109 Å². The van der Waals surface area contributed by atoms with Gasteiger partial charge in [0.25, 0.3) is 11.1 Å². The Hall–Kier alpha value is -7.68. The van der Waals surface area contributed by atoms with Crippen LogP contribution in [0.15, 0.2) is 157 Å². The molecule has 10 aromatic rings. The first-order valence-corrected chi connectivity index (χ1v) is 28.8. The molecule has 1 radical (unpaired) electrons. The van der Waals surface area contributed by atoms with Gasteiger partial charge in [-0.3, -0.25) is 18.7 Å². The van der Waals surface area contributed by atoms with Crippen LogP contribution in [0.4, 0.5) is 43.9 Å². The van der Waals surface area contributed by atoms with Crippen molar-refractivity contribution in [2.75, 3.05) is 14.2 Å². The largest absolute Gasteiger partial charge is 0.569 e. The molecule has 0 aliphatic rings. The van der Waals surface area contributed by atoms with Crippen LogP contribution in [-0.4, -0.2) is 52.9 Å². The zero-order valence-electron chi connectivity index (χ0n) is 46.3. The molecule has 1 N–H and O–H groups in total. The summed E-state index contributed by atoms with van der Waals surface area (Å²) in [5, 5.41) is 9.93. The molecule has 90 heavy (non-hydrogen) atoms. The number of fused-ring (bicyclic) bond motifs is 2. The van der Waals surface area contributed by atoms with Crippen LogP contribution >= 0.6 is 58.9 Å². The number of benzene rings is 8. The third-order valence-corrected chi connectivity index (χ3v) is 16.4. The lowest BCUT2D eigenvalue weighted by Gasteiger charge is -2.16. The van der Waals surface area contributed by atoms with Crippen LogP contribution in [0, 0.1) is 72.0 Å². The first-order valence-electron chi connectivity index (χ1n) is 24.4. The van der Waals surface area contributed by atoms with Crippen molar-refractivity contribution in [3.63, 3.8) is 0 Å². The van der Waals surface area contributed by atoms with E-state index in [-0.39, 0.29) is 41.6 Å². The number of methoxy groups -OCH3 is 2. The van der Waals surface area contributed by atoms with Gasteiger partial charge in [0.1, 0.15) is 27.0 Å². The molecule has 0 amide bonds. The average molecular weight is 1440 g/mol. The number of halogens is 13. The molecule has 0 saturated heterocycles. The van der Waals surface area contributed by atoms with Crippen LogP contribution in [-0.2, 0) is 20.2 Å². The summed E-state index contributed by atoms with van der Waals surface area (Å²) in [4.78, 5) is 24.3. The molecule has 0 bridgehead atoms. The van der Waals surface area contributed by atoms with Gasteiger partial charge in [0.2, 0.25) is 69.7 Å². The number of aromatic nitrogens is 2. The number of ether oxygens (including phenoxy) is 2. The van der Waals surface area contributed by atoms with Crippen molar-refractivity contribution in [3.8, 4) is 51.2 Å². The first-order chi connectivity index (χ1) is 41.5. The Kier molecular flexibility index (Phi) is 23.1. The summed E-state index contributed by atoms with van der Waals surface area (Å²) >= 11 is 15.2. The summed E-state index contributed by atoms with van der Waals surface area (Å²) in [6.45, 7) is 3.72. The van der Waals surface area contributed by atoms with Crippen LogP contribution in [0.1, 0.15) is 11.1 Å². The maximum Gasteiger partial charge on any atom is 0.569 e. The molecule has 2 aromatic heterocycles. The minimum atomic E-state index is -5.10. The number of hydrogen-bond donors (Lipinski definition) is 1. The molecule has 0 aliphatic heterocycles. The van der Waals surface area contributed by atoms with Gasteiger partial charge in [-0.05, 0) is 145 Å². The predicted octanol–water partition coefficient (Wildman–Crippen LogP) is 14.0. The Labute approximate surface area is 530 Å². The van der Waals surface area contributed by atoms with Crippen molar-refractivity contribution in [2.24, 2.45) is 0 Å². The second-order valence-corrected chi connectivity index (χ2v) is 23.0. The molecular weight excluding hydrogens is 1390 g/mol. The van der Waals surface area contributed by atoms with E-state index in [0.717, 1.165) is 58.7 Å². The van der Waals surface area contributed by atoms with Gasteiger partial charge in [0.15, 0.2) is 0 Å². The van der Waals surface area contributed by atoms with Crippen LogP contribution in [0.2, 0.25) is 10.0 Å². The lowest BCUT2D eigenvalue weighted by atomic mass is 10.0. The zero-order chi connectivity index (χ0) is 64.4. The summed E-state index contributed by atoms with van der Waals surface area (Å²) in [6.07, 6.45) is 0. The quantitative estimate of drug-likeness (QED) is 0.0289. The molecule has 2 unspecified atom stereocenters. The number of rotatable bonds is 13. The van der Waals surface area contributed by atoms with Crippen molar-refractivity contribution in [2.45, 2.75) is 23.6 Å². The second kappa shape index (κ2) is 29.1. The fourth-order valence-corrected chi connectivity index (χ4v) is 10.9. The van der Waals surface area contributed by atoms with E-state index in [0.29, 0.717) is 50.8 Å². The van der Waals surface area contributed by atoms with Gasteiger partial charge in [-0.15, -0.1) is 0 Å². The lowest BCUT2D eigenvalue weighted by Crippen LogP contribution is -2.19. The Bertz CT molecular complexity index is 4780. The molecule has 2 atom stereocenters. The zero-order valence-corrected chi connectivity index (χ0v) is 53.8. The second-order valence-electron chi connectivity index (χ2n) is 18.1. The van der Waals surface area contributed by atoms with Crippen molar-refractivity contribution in [3.05, 3.63) is 238 Å². The third kappa shape index (κ3) is 14.7. The highest BCUT2D eigenvalue weighted by molar-refractivity contribution is 9.10. The van der Waals surface area contributed by atoms with Gasteiger partial charge in [-0.25, -0.2) is 26.3 Å². The number of nitrogens with zero attached hydrogens (tertiary/aromatic N) is 2. The summed E-state index contributed by atoms with van der Waals surface area (Å²) in [6, 6.07) is 31.8. The van der Waals surface area contributed by atoms with E-state index in [1.807, 2.05) is 26.0 Å². The van der Waals surface area contributed by atoms with Gasteiger partial charge < -0.3 is 27.5 Å². The fourth-order valence-electron chi connectivity index (χ4n) is 8.34. The molecular formula is C58H41BBrCl2F10N2O12P2S2. The van der Waals surface area contributed by atoms with E-state index in [2.05, 4.69) is 24.3 Å². The molecule has 32 heteroatoms. The van der Waals surface area contributed by atoms with E-state index >= 15 is 0 Å². The Morgan fingerprint density at radius 1 is 0.467 bits per heavy atom. The minimum absolute atomic E-state index is 0. The van der Waals surface area contributed by atoms with Crippen LogP contribution in [0.25, 0.3) is 44.3 Å². The fraction of sp³-hybridized carbons (Fsp3) is 0.0690. The van der Waals surface area contributed by atoms with Crippen LogP contribution in [0.3, 0.4) is 0 Å².